The zero-order valence-corrected chi connectivity index (χ0v) is 10.6. The summed E-state index contributed by atoms with van der Waals surface area (Å²) >= 11 is 0. The minimum Gasteiger partial charge on any atom is -0.478 e. The molecule has 0 radical (unpaired) electrons. The van der Waals surface area contributed by atoms with Crippen LogP contribution in [0.1, 0.15) is 31.1 Å². The minimum absolute atomic E-state index is 0.167. The average molecular weight is 286 g/mol. The number of nitrogens with zero attached hydrogens (tertiary/aromatic N) is 1. The molecule has 0 aliphatic carbocycles. The largest absolute Gasteiger partial charge is 0.478 e. The van der Waals surface area contributed by atoms with Crippen LogP contribution in [0.5, 0.6) is 0 Å². The van der Waals surface area contributed by atoms with Crippen LogP contribution in [0.25, 0.3) is 0 Å². The third-order valence-electron chi connectivity index (χ3n) is 2.68. The van der Waals surface area contributed by atoms with Gasteiger partial charge in [-0.15, -0.1) is 0 Å². The van der Waals surface area contributed by atoms with Gasteiger partial charge < -0.3 is 15.5 Å². The van der Waals surface area contributed by atoms with Gasteiger partial charge in [-0.1, -0.05) is 0 Å². The van der Waals surface area contributed by atoms with Gasteiger partial charge in [0.25, 0.3) is 5.91 Å². The van der Waals surface area contributed by atoms with Crippen molar-refractivity contribution < 1.29 is 24.6 Å². The highest BCUT2D eigenvalue weighted by Crippen LogP contribution is 2.15. The summed E-state index contributed by atoms with van der Waals surface area (Å²) in [5, 5.41) is 20.5. The molecule has 0 bridgehead atoms. The topological polar surface area (TPSA) is 117 Å². The number of carbonyl (C=O) groups is 3. The van der Waals surface area contributed by atoms with E-state index in [1.165, 1.54) is 24.5 Å². The molecule has 0 saturated carbocycles. The second kappa shape index (κ2) is 5.83. The number of nitrogens with one attached hydrogen (secondary N) is 1. The van der Waals surface area contributed by atoms with E-state index in [1.807, 2.05) is 0 Å². The van der Waals surface area contributed by atoms with Crippen molar-refractivity contribution in [2.45, 2.75) is 0 Å². The van der Waals surface area contributed by atoms with Gasteiger partial charge in [-0.05, 0) is 30.3 Å². The average Bonchev–Trinajstić information content (AvgIpc) is 2.47. The fourth-order valence-electron chi connectivity index (χ4n) is 1.69. The van der Waals surface area contributed by atoms with E-state index >= 15 is 0 Å². The molecule has 0 aliphatic heterocycles. The summed E-state index contributed by atoms with van der Waals surface area (Å²) in [6.45, 7) is 0. The van der Waals surface area contributed by atoms with Crippen molar-refractivity contribution in [3.63, 3.8) is 0 Å². The summed E-state index contributed by atoms with van der Waals surface area (Å²) in [5.41, 5.74) is -0.238. The van der Waals surface area contributed by atoms with Crippen molar-refractivity contribution in [1.82, 2.24) is 4.98 Å². The molecule has 1 aromatic carbocycles. The standard InChI is InChI=1S/C14H10N2O5/c17-12(16-9-3-5-15-6-4-9)11-7-8(13(18)19)1-2-10(11)14(20)21/h1-7H,(H,18,19)(H,20,21)(H,15,16,17). The Labute approximate surface area is 118 Å². The normalized spacial score (nSPS) is 9.90. The van der Waals surface area contributed by atoms with E-state index in [-0.39, 0.29) is 16.7 Å². The Bertz CT molecular complexity index is 713. The number of carboxylic acids is 2. The minimum atomic E-state index is -1.31. The van der Waals surface area contributed by atoms with Gasteiger partial charge in [-0.25, -0.2) is 9.59 Å². The quantitative estimate of drug-likeness (QED) is 0.788. The smallest absolute Gasteiger partial charge is 0.336 e. The van der Waals surface area contributed by atoms with E-state index in [0.29, 0.717) is 5.69 Å². The molecule has 2 aromatic rings. The number of aromatic carboxylic acids is 2. The molecular formula is C14H10N2O5. The van der Waals surface area contributed by atoms with E-state index in [1.54, 1.807) is 0 Å². The predicted octanol–water partition coefficient (Wildman–Crippen LogP) is 1.73. The number of anilines is 1. The van der Waals surface area contributed by atoms with Gasteiger partial charge in [0.05, 0.1) is 16.7 Å². The second-order valence-corrected chi connectivity index (χ2v) is 4.06. The fraction of sp³-hybridized carbons (Fsp3) is 0. The van der Waals surface area contributed by atoms with Crippen LogP contribution in [0.2, 0.25) is 0 Å². The molecule has 0 atom stereocenters. The molecule has 2 rings (SSSR count). The Morgan fingerprint density at radius 3 is 2.14 bits per heavy atom. The summed E-state index contributed by atoms with van der Waals surface area (Å²) in [7, 11) is 0. The molecule has 7 heteroatoms. The summed E-state index contributed by atoms with van der Waals surface area (Å²) < 4.78 is 0. The van der Waals surface area contributed by atoms with Crippen LogP contribution in [0.4, 0.5) is 5.69 Å². The first-order valence-corrected chi connectivity index (χ1v) is 5.81. The zero-order valence-electron chi connectivity index (χ0n) is 10.6. The number of amides is 1. The first-order chi connectivity index (χ1) is 9.99. The maximum Gasteiger partial charge on any atom is 0.336 e. The van der Waals surface area contributed by atoms with E-state index in [4.69, 9.17) is 10.2 Å². The summed E-state index contributed by atoms with van der Waals surface area (Å²) in [6, 6.07) is 6.31. The molecular weight excluding hydrogens is 276 g/mol. The molecule has 0 spiro atoms. The maximum atomic E-state index is 12.1. The van der Waals surface area contributed by atoms with Gasteiger partial charge in [0.1, 0.15) is 0 Å². The first kappa shape index (κ1) is 14.2. The number of carboxylic acid groups (broad SMARTS) is 2. The van der Waals surface area contributed by atoms with Crippen LogP contribution in [-0.2, 0) is 0 Å². The Kier molecular flexibility index (Phi) is 3.94. The van der Waals surface area contributed by atoms with E-state index in [0.717, 1.165) is 18.2 Å². The summed E-state index contributed by atoms with van der Waals surface area (Å²) in [5.74, 6) is -3.27. The van der Waals surface area contributed by atoms with Gasteiger partial charge in [0.15, 0.2) is 0 Å². The Morgan fingerprint density at radius 1 is 0.905 bits per heavy atom. The van der Waals surface area contributed by atoms with Gasteiger partial charge in [-0.2, -0.15) is 0 Å². The van der Waals surface area contributed by atoms with E-state index in [9.17, 15) is 14.4 Å². The molecule has 0 unspecified atom stereocenters. The zero-order chi connectivity index (χ0) is 15.4. The Morgan fingerprint density at radius 2 is 1.57 bits per heavy atom. The molecule has 3 N–H and O–H groups in total. The molecule has 0 aliphatic rings. The van der Waals surface area contributed by atoms with Gasteiger partial charge in [0.2, 0.25) is 0 Å². The number of hydrogen-bond donors (Lipinski definition) is 3. The lowest BCUT2D eigenvalue weighted by atomic mass is 10.0. The summed E-state index contributed by atoms with van der Waals surface area (Å²) in [6.07, 6.45) is 2.92. The van der Waals surface area contributed by atoms with Crippen molar-refractivity contribution in [2.75, 3.05) is 5.32 Å². The van der Waals surface area contributed by atoms with Crippen LogP contribution in [0.15, 0.2) is 42.7 Å². The van der Waals surface area contributed by atoms with Crippen molar-refractivity contribution in [3.05, 3.63) is 59.4 Å². The first-order valence-electron chi connectivity index (χ1n) is 5.81. The lowest BCUT2D eigenvalue weighted by molar-refractivity contribution is 0.0679. The van der Waals surface area contributed by atoms with Crippen molar-refractivity contribution in [3.8, 4) is 0 Å². The van der Waals surface area contributed by atoms with Crippen LogP contribution in [-0.4, -0.2) is 33.0 Å². The highest BCUT2D eigenvalue weighted by Gasteiger charge is 2.19. The van der Waals surface area contributed by atoms with Gasteiger partial charge in [0, 0.05) is 18.1 Å². The van der Waals surface area contributed by atoms with E-state index < -0.39 is 17.8 Å². The molecule has 7 nitrogen and oxygen atoms in total. The SMILES string of the molecule is O=C(O)c1ccc(C(=O)O)c(C(=O)Nc2ccncc2)c1. The molecule has 0 saturated heterocycles. The molecule has 106 valence electrons. The maximum absolute atomic E-state index is 12.1. The lowest BCUT2D eigenvalue weighted by Crippen LogP contribution is -2.17. The third-order valence-corrected chi connectivity index (χ3v) is 2.68. The number of hydrogen-bond acceptors (Lipinski definition) is 4. The fourth-order valence-corrected chi connectivity index (χ4v) is 1.69. The highest BCUT2D eigenvalue weighted by molar-refractivity contribution is 6.11. The van der Waals surface area contributed by atoms with Crippen LogP contribution >= 0.6 is 0 Å². The third kappa shape index (κ3) is 3.21. The number of carbonyl (C=O) groups excluding carboxylic acids is 1. The van der Waals surface area contributed by atoms with Crippen LogP contribution in [0.3, 0.4) is 0 Å². The lowest BCUT2D eigenvalue weighted by Gasteiger charge is -2.08. The number of benzene rings is 1. The summed E-state index contributed by atoms with van der Waals surface area (Å²) in [4.78, 5) is 38.0. The van der Waals surface area contributed by atoms with Gasteiger partial charge >= 0.3 is 11.9 Å². The molecule has 1 aromatic heterocycles. The molecule has 21 heavy (non-hydrogen) atoms. The Hall–Kier alpha value is -3.22. The Balaban J connectivity index is 2.40. The van der Waals surface area contributed by atoms with Gasteiger partial charge in [-0.3, -0.25) is 9.78 Å². The molecule has 1 amide bonds. The van der Waals surface area contributed by atoms with Crippen LogP contribution < -0.4 is 5.32 Å². The van der Waals surface area contributed by atoms with Crippen molar-refractivity contribution >= 4 is 23.5 Å². The van der Waals surface area contributed by atoms with E-state index in [2.05, 4.69) is 10.3 Å². The highest BCUT2D eigenvalue weighted by atomic mass is 16.4. The molecule has 1 heterocycles. The second-order valence-electron chi connectivity index (χ2n) is 4.06. The van der Waals surface area contributed by atoms with Crippen LogP contribution in [0, 0.1) is 0 Å². The monoisotopic (exact) mass is 286 g/mol. The number of rotatable bonds is 4. The number of pyridine rings is 1. The van der Waals surface area contributed by atoms with Crippen molar-refractivity contribution in [1.29, 1.82) is 0 Å². The molecule has 0 fully saturated rings. The number of aromatic nitrogens is 1. The predicted molar refractivity (Wildman–Crippen MR) is 72.6 cm³/mol. The van der Waals surface area contributed by atoms with Crippen molar-refractivity contribution in [2.24, 2.45) is 0 Å².